The first-order chi connectivity index (χ1) is 8.29. The highest BCUT2D eigenvalue weighted by molar-refractivity contribution is 14.1. The van der Waals surface area contributed by atoms with Gasteiger partial charge < -0.3 is 9.47 Å². The number of hydrogen-bond donors (Lipinski definition) is 0. The van der Waals surface area contributed by atoms with E-state index < -0.39 is 0 Å². The zero-order chi connectivity index (χ0) is 12.1. The van der Waals surface area contributed by atoms with Crippen LogP contribution in [-0.2, 0) is 16.0 Å². The number of aldehydes is 1. The lowest BCUT2D eigenvalue weighted by atomic mass is 10.2. The van der Waals surface area contributed by atoms with Crippen molar-refractivity contribution in [2.45, 2.75) is 32.1 Å². The van der Waals surface area contributed by atoms with Crippen LogP contribution in [-0.4, -0.2) is 35.6 Å². The summed E-state index contributed by atoms with van der Waals surface area (Å²) in [5, 5.41) is 4.22. The fourth-order valence-electron chi connectivity index (χ4n) is 1.79. The first-order valence-corrected chi connectivity index (χ1v) is 6.79. The third-order valence-corrected chi connectivity index (χ3v) is 3.17. The van der Waals surface area contributed by atoms with Crippen molar-refractivity contribution in [1.29, 1.82) is 0 Å². The van der Waals surface area contributed by atoms with E-state index in [1.807, 2.05) is 0 Å². The summed E-state index contributed by atoms with van der Waals surface area (Å²) in [6, 6.07) is 1.75. The Hall–Kier alpha value is -0.470. The predicted molar refractivity (Wildman–Crippen MR) is 69.9 cm³/mol. The van der Waals surface area contributed by atoms with Crippen molar-refractivity contribution in [2.24, 2.45) is 0 Å². The van der Waals surface area contributed by atoms with E-state index in [1.54, 1.807) is 10.7 Å². The topological polar surface area (TPSA) is 53.4 Å². The standard InChI is InChI=1S/C11H15IN2O3/c12-10-7-9(8-15)14(13-10)4-6-17-11-3-1-2-5-16-11/h7-8,11H,1-6H2. The van der Waals surface area contributed by atoms with Crippen molar-refractivity contribution in [1.82, 2.24) is 9.78 Å². The molecular formula is C11H15IN2O3. The summed E-state index contributed by atoms with van der Waals surface area (Å²) in [5.41, 5.74) is 0.586. The van der Waals surface area contributed by atoms with Gasteiger partial charge >= 0.3 is 0 Å². The monoisotopic (exact) mass is 350 g/mol. The maximum Gasteiger partial charge on any atom is 0.168 e. The minimum Gasteiger partial charge on any atom is -0.353 e. The molecule has 1 aromatic heterocycles. The molecule has 1 saturated heterocycles. The number of nitrogens with zero attached hydrogens (tertiary/aromatic N) is 2. The number of ether oxygens (including phenoxy) is 2. The lowest BCUT2D eigenvalue weighted by Gasteiger charge is -2.22. The molecule has 1 aliphatic heterocycles. The lowest BCUT2D eigenvalue weighted by Crippen LogP contribution is -2.24. The molecule has 1 unspecified atom stereocenters. The number of rotatable bonds is 5. The highest BCUT2D eigenvalue weighted by Gasteiger charge is 2.14. The Morgan fingerprint density at radius 2 is 2.53 bits per heavy atom. The van der Waals surface area contributed by atoms with E-state index in [0.29, 0.717) is 18.8 Å². The molecular weight excluding hydrogens is 335 g/mol. The first-order valence-electron chi connectivity index (χ1n) is 5.71. The van der Waals surface area contributed by atoms with Gasteiger partial charge in [-0.1, -0.05) is 0 Å². The van der Waals surface area contributed by atoms with Gasteiger partial charge in [-0.3, -0.25) is 9.48 Å². The van der Waals surface area contributed by atoms with Crippen LogP contribution in [0.15, 0.2) is 6.07 Å². The van der Waals surface area contributed by atoms with Crippen LogP contribution in [0.25, 0.3) is 0 Å². The van der Waals surface area contributed by atoms with Gasteiger partial charge in [0.15, 0.2) is 12.6 Å². The Kier molecular flexibility index (Phi) is 4.93. The molecule has 0 bridgehead atoms. The molecule has 2 rings (SSSR count). The molecule has 0 spiro atoms. The third-order valence-electron chi connectivity index (χ3n) is 2.65. The molecule has 2 heterocycles. The number of aromatic nitrogens is 2. The van der Waals surface area contributed by atoms with Crippen molar-refractivity contribution >= 4 is 28.9 Å². The van der Waals surface area contributed by atoms with Crippen molar-refractivity contribution in [3.8, 4) is 0 Å². The summed E-state index contributed by atoms with van der Waals surface area (Å²) < 4.78 is 13.5. The van der Waals surface area contributed by atoms with Crippen molar-refractivity contribution in [2.75, 3.05) is 13.2 Å². The summed E-state index contributed by atoms with van der Waals surface area (Å²) in [4.78, 5) is 10.8. The van der Waals surface area contributed by atoms with Gasteiger partial charge in [0.25, 0.3) is 0 Å². The van der Waals surface area contributed by atoms with Gasteiger partial charge in [-0.15, -0.1) is 0 Å². The molecule has 0 aliphatic carbocycles. The van der Waals surface area contributed by atoms with Crippen LogP contribution in [0, 0.1) is 3.70 Å². The van der Waals surface area contributed by atoms with Crippen molar-refractivity contribution in [3.05, 3.63) is 15.5 Å². The average molecular weight is 350 g/mol. The van der Waals surface area contributed by atoms with E-state index in [9.17, 15) is 4.79 Å². The van der Waals surface area contributed by atoms with Crippen molar-refractivity contribution < 1.29 is 14.3 Å². The maximum atomic E-state index is 10.8. The van der Waals surface area contributed by atoms with E-state index in [2.05, 4.69) is 27.7 Å². The molecule has 94 valence electrons. The first kappa shape index (κ1) is 13.0. The molecule has 0 amide bonds. The third kappa shape index (κ3) is 3.75. The lowest BCUT2D eigenvalue weighted by molar-refractivity contribution is -0.163. The minimum absolute atomic E-state index is 0.0851. The van der Waals surface area contributed by atoms with Crippen LogP contribution < -0.4 is 0 Å². The average Bonchev–Trinajstić information content (AvgIpc) is 2.71. The van der Waals surface area contributed by atoms with Gasteiger partial charge in [0.1, 0.15) is 9.39 Å². The zero-order valence-corrected chi connectivity index (χ0v) is 11.6. The molecule has 0 radical (unpaired) electrons. The molecule has 0 aromatic carbocycles. The summed E-state index contributed by atoms with van der Waals surface area (Å²) in [5.74, 6) is 0. The van der Waals surface area contributed by atoms with Crippen molar-refractivity contribution in [3.63, 3.8) is 0 Å². The van der Waals surface area contributed by atoms with E-state index >= 15 is 0 Å². The van der Waals surface area contributed by atoms with E-state index in [4.69, 9.17) is 9.47 Å². The summed E-state index contributed by atoms with van der Waals surface area (Å²) in [6.07, 6.45) is 3.96. The second kappa shape index (κ2) is 6.46. The van der Waals surface area contributed by atoms with E-state index in [-0.39, 0.29) is 6.29 Å². The number of halogens is 1. The summed E-state index contributed by atoms with van der Waals surface area (Å²) >= 11 is 2.09. The number of hydrogen-bond acceptors (Lipinski definition) is 4. The van der Waals surface area contributed by atoms with Gasteiger partial charge in [0.2, 0.25) is 0 Å². The molecule has 1 fully saturated rings. The number of carbonyl (C=O) groups excluding carboxylic acids is 1. The fourth-order valence-corrected chi connectivity index (χ4v) is 2.37. The van der Waals surface area contributed by atoms with Crippen LogP contribution in [0.4, 0.5) is 0 Å². The largest absolute Gasteiger partial charge is 0.353 e. The van der Waals surface area contributed by atoms with E-state index in [0.717, 1.165) is 35.9 Å². The normalized spacial score (nSPS) is 20.4. The molecule has 17 heavy (non-hydrogen) atoms. The maximum absolute atomic E-state index is 10.8. The highest BCUT2D eigenvalue weighted by Crippen LogP contribution is 2.13. The molecule has 6 heteroatoms. The second-order valence-electron chi connectivity index (χ2n) is 3.90. The highest BCUT2D eigenvalue weighted by atomic mass is 127. The Morgan fingerprint density at radius 1 is 1.65 bits per heavy atom. The Bertz CT molecular complexity index is 375. The molecule has 1 aliphatic rings. The van der Waals surface area contributed by atoms with Crippen LogP contribution in [0.2, 0.25) is 0 Å². The fraction of sp³-hybridized carbons (Fsp3) is 0.636. The second-order valence-corrected chi connectivity index (χ2v) is 5.01. The molecule has 1 atom stereocenters. The van der Waals surface area contributed by atoms with Gasteiger partial charge in [-0.25, -0.2) is 0 Å². The quantitative estimate of drug-likeness (QED) is 0.601. The van der Waals surface area contributed by atoms with Gasteiger partial charge in [0.05, 0.1) is 13.2 Å². The smallest absolute Gasteiger partial charge is 0.168 e. The Balaban J connectivity index is 1.78. The number of carbonyl (C=O) groups is 1. The molecule has 5 nitrogen and oxygen atoms in total. The van der Waals surface area contributed by atoms with Crippen LogP contribution in [0.5, 0.6) is 0 Å². The van der Waals surface area contributed by atoms with Crippen LogP contribution in [0.3, 0.4) is 0 Å². The molecule has 0 saturated carbocycles. The van der Waals surface area contributed by atoms with Crippen LogP contribution in [0.1, 0.15) is 29.8 Å². The van der Waals surface area contributed by atoms with Crippen LogP contribution >= 0.6 is 22.6 Å². The summed E-state index contributed by atoms with van der Waals surface area (Å²) in [7, 11) is 0. The van der Waals surface area contributed by atoms with Gasteiger partial charge in [-0.2, -0.15) is 5.10 Å². The Morgan fingerprint density at radius 3 is 3.24 bits per heavy atom. The van der Waals surface area contributed by atoms with Gasteiger partial charge in [0, 0.05) is 12.7 Å². The summed E-state index contributed by atoms with van der Waals surface area (Å²) in [6.45, 7) is 1.88. The predicted octanol–water partition coefficient (Wildman–Crippen LogP) is 1.84. The van der Waals surface area contributed by atoms with E-state index in [1.165, 1.54) is 0 Å². The SMILES string of the molecule is O=Cc1cc(I)nn1CCOC1CCCCO1. The Labute approximate surface area is 114 Å². The zero-order valence-electron chi connectivity index (χ0n) is 9.47. The van der Waals surface area contributed by atoms with Gasteiger partial charge in [-0.05, 0) is 41.9 Å². The minimum atomic E-state index is -0.0851. The molecule has 0 N–H and O–H groups in total. The molecule has 1 aromatic rings.